The van der Waals surface area contributed by atoms with E-state index < -0.39 is 0 Å². The second-order valence-corrected chi connectivity index (χ2v) is 3.23. The van der Waals surface area contributed by atoms with E-state index in [4.69, 9.17) is 9.47 Å². The van der Waals surface area contributed by atoms with Gasteiger partial charge in [0, 0.05) is 18.4 Å². The molecule has 0 unspecified atom stereocenters. The van der Waals surface area contributed by atoms with Crippen molar-refractivity contribution in [1.82, 2.24) is 0 Å². The molecule has 1 aliphatic heterocycles. The molecule has 3 heteroatoms. The third-order valence-electron chi connectivity index (χ3n) is 2.36. The zero-order valence-corrected chi connectivity index (χ0v) is 7.87. The Balaban J connectivity index is 2.48. The van der Waals surface area contributed by atoms with Crippen LogP contribution in [0.4, 0.5) is 0 Å². The molecule has 0 aliphatic carbocycles. The van der Waals surface area contributed by atoms with E-state index in [0.717, 1.165) is 0 Å². The van der Waals surface area contributed by atoms with Crippen molar-refractivity contribution < 1.29 is 14.3 Å². The van der Waals surface area contributed by atoms with Crippen molar-refractivity contribution >= 4 is 5.78 Å². The molecule has 0 aromatic rings. The van der Waals surface area contributed by atoms with Gasteiger partial charge in [0.15, 0.2) is 6.29 Å². The van der Waals surface area contributed by atoms with E-state index in [2.05, 4.69) is 0 Å². The smallest absolute Gasteiger partial charge is 0.160 e. The number of rotatable bonds is 3. The molecule has 1 saturated heterocycles. The van der Waals surface area contributed by atoms with E-state index in [1.165, 1.54) is 0 Å². The van der Waals surface area contributed by atoms with Crippen LogP contribution in [0.5, 0.6) is 0 Å². The highest BCUT2D eigenvalue weighted by Crippen LogP contribution is 2.27. The van der Waals surface area contributed by atoms with Gasteiger partial charge in [-0.25, -0.2) is 0 Å². The molecule has 0 radical (unpaired) electrons. The Labute approximate surface area is 73.0 Å². The fraction of sp³-hybridized carbons (Fsp3) is 0.889. The normalized spacial score (nSPS) is 35.4. The van der Waals surface area contributed by atoms with Gasteiger partial charge in [0.1, 0.15) is 5.78 Å². The third-order valence-corrected chi connectivity index (χ3v) is 2.36. The highest BCUT2D eigenvalue weighted by molar-refractivity contribution is 5.79. The van der Waals surface area contributed by atoms with Crippen molar-refractivity contribution in [3.05, 3.63) is 0 Å². The van der Waals surface area contributed by atoms with Gasteiger partial charge in [-0.2, -0.15) is 0 Å². The maximum Gasteiger partial charge on any atom is 0.160 e. The number of ketones is 1. The van der Waals surface area contributed by atoms with Crippen LogP contribution >= 0.6 is 0 Å². The van der Waals surface area contributed by atoms with Gasteiger partial charge in [-0.15, -0.1) is 0 Å². The van der Waals surface area contributed by atoms with E-state index in [-0.39, 0.29) is 23.9 Å². The molecule has 0 N–H and O–H groups in total. The van der Waals surface area contributed by atoms with Gasteiger partial charge >= 0.3 is 0 Å². The molecular weight excluding hydrogens is 156 g/mol. The maximum absolute atomic E-state index is 11.1. The largest absolute Gasteiger partial charge is 0.353 e. The van der Waals surface area contributed by atoms with Gasteiger partial charge in [-0.05, 0) is 13.8 Å². The average molecular weight is 172 g/mol. The minimum Gasteiger partial charge on any atom is -0.353 e. The fourth-order valence-electron chi connectivity index (χ4n) is 1.54. The van der Waals surface area contributed by atoms with Crippen molar-refractivity contribution in [3.8, 4) is 0 Å². The molecule has 70 valence electrons. The Morgan fingerprint density at radius 1 is 1.67 bits per heavy atom. The summed E-state index contributed by atoms with van der Waals surface area (Å²) in [5.74, 6) is 0.425. The monoisotopic (exact) mass is 172 g/mol. The van der Waals surface area contributed by atoms with Crippen LogP contribution in [0.2, 0.25) is 0 Å². The van der Waals surface area contributed by atoms with Crippen LogP contribution in [0.25, 0.3) is 0 Å². The van der Waals surface area contributed by atoms with E-state index in [0.29, 0.717) is 13.2 Å². The number of ether oxygens (including phenoxy) is 2. The number of hydrogen-bond donors (Lipinski definition) is 0. The van der Waals surface area contributed by atoms with Crippen molar-refractivity contribution in [2.45, 2.75) is 27.1 Å². The summed E-state index contributed by atoms with van der Waals surface area (Å²) in [6.45, 7) is 6.69. The van der Waals surface area contributed by atoms with Crippen molar-refractivity contribution in [1.29, 1.82) is 0 Å². The van der Waals surface area contributed by atoms with Gasteiger partial charge in [-0.1, -0.05) is 6.92 Å². The van der Waals surface area contributed by atoms with Gasteiger partial charge in [-0.3, -0.25) is 4.79 Å². The zero-order valence-electron chi connectivity index (χ0n) is 7.87. The van der Waals surface area contributed by atoms with Crippen LogP contribution in [-0.4, -0.2) is 25.3 Å². The molecule has 0 saturated carbocycles. The molecule has 0 amide bonds. The molecule has 0 spiro atoms. The first-order chi connectivity index (χ1) is 5.66. The molecule has 0 aromatic heterocycles. The fourth-order valence-corrected chi connectivity index (χ4v) is 1.54. The molecule has 1 heterocycles. The minimum absolute atomic E-state index is 0.0292. The van der Waals surface area contributed by atoms with E-state index in [1.54, 1.807) is 6.92 Å². The molecule has 0 bridgehead atoms. The van der Waals surface area contributed by atoms with Crippen LogP contribution in [0, 0.1) is 11.8 Å². The van der Waals surface area contributed by atoms with E-state index in [9.17, 15) is 4.79 Å². The zero-order chi connectivity index (χ0) is 9.14. The Bertz CT molecular complexity index is 167. The first-order valence-electron chi connectivity index (χ1n) is 4.40. The summed E-state index contributed by atoms with van der Waals surface area (Å²) in [7, 11) is 0. The molecule has 0 aromatic carbocycles. The summed E-state index contributed by atoms with van der Waals surface area (Å²) in [4.78, 5) is 11.1. The Kier molecular flexibility index (Phi) is 3.23. The summed E-state index contributed by atoms with van der Waals surface area (Å²) in [5.41, 5.74) is 0. The van der Waals surface area contributed by atoms with Crippen LogP contribution in [-0.2, 0) is 14.3 Å². The molecular formula is C9H16O3. The van der Waals surface area contributed by atoms with Crippen LogP contribution in [0.1, 0.15) is 20.8 Å². The predicted molar refractivity (Wildman–Crippen MR) is 44.7 cm³/mol. The lowest BCUT2D eigenvalue weighted by Gasteiger charge is -2.16. The Hall–Kier alpha value is -0.410. The second kappa shape index (κ2) is 4.01. The first-order valence-corrected chi connectivity index (χ1v) is 4.40. The van der Waals surface area contributed by atoms with Gasteiger partial charge in [0.05, 0.1) is 6.61 Å². The van der Waals surface area contributed by atoms with Crippen LogP contribution in [0.3, 0.4) is 0 Å². The van der Waals surface area contributed by atoms with Gasteiger partial charge in [0.25, 0.3) is 0 Å². The molecule has 1 fully saturated rings. The standard InChI is InChI=1S/C9H16O3/c1-4-11-9-6(2)8(5-12-9)7(3)10/h6,8-9H,4-5H2,1-3H3/t6-,8+,9+/m1/s1. The predicted octanol–water partition coefficient (Wildman–Crippen LogP) is 1.22. The summed E-state index contributed by atoms with van der Waals surface area (Å²) >= 11 is 0. The number of hydrogen-bond acceptors (Lipinski definition) is 3. The lowest BCUT2D eigenvalue weighted by atomic mass is 9.93. The average Bonchev–Trinajstić information content (AvgIpc) is 2.34. The van der Waals surface area contributed by atoms with Gasteiger partial charge in [0.2, 0.25) is 0 Å². The first kappa shape index (κ1) is 9.68. The third kappa shape index (κ3) is 1.84. The summed E-state index contributed by atoms with van der Waals surface area (Å²) in [6.07, 6.45) is -0.177. The molecule has 3 atom stereocenters. The minimum atomic E-state index is -0.177. The molecule has 1 aliphatic rings. The maximum atomic E-state index is 11.1. The highest BCUT2D eigenvalue weighted by atomic mass is 16.7. The van der Waals surface area contributed by atoms with Crippen LogP contribution < -0.4 is 0 Å². The second-order valence-electron chi connectivity index (χ2n) is 3.23. The van der Waals surface area contributed by atoms with Crippen LogP contribution in [0.15, 0.2) is 0 Å². The topological polar surface area (TPSA) is 35.5 Å². The quantitative estimate of drug-likeness (QED) is 0.642. The molecule has 12 heavy (non-hydrogen) atoms. The Morgan fingerprint density at radius 2 is 2.33 bits per heavy atom. The van der Waals surface area contributed by atoms with E-state index >= 15 is 0 Å². The van der Waals surface area contributed by atoms with E-state index in [1.807, 2.05) is 13.8 Å². The summed E-state index contributed by atoms with van der Waals surface area (Å²) < 4.78 is 10.7. The number of carbonyl (C=O) groups is 1. The van der Waals surface area contributed by atoms with Gasteiger partial charge < -0.3 is 9.47 Å². The Morgan fingerprint density at radius 3 is 2.75 bits per heavy atom. The van der Waals surface area contributed by atoms with Crippen molar-refractivity contribution in [2.75, 3.05) is 13.2 Å². The van der Waals surface area contributed by atoms with Crippen molar-refractivity contribution in [3.63, 3.8) is 0 Å². The highest BCUT2D eigenvalue weighted by Gasteiger charge is 2.36. The number of carbonyl (C=O) groups excluding carboxylic acids is 1. The van der Waals surface area contributed by atoms with Crippen molar-refractivity contribution in [2.24, 2.45) is 11.8 Å². The molecule has 1 rings (SSSR count). The lowest BCUT2D eigenvalue weighted by Crippen LogP contribution is -2.23. The summed E-state index contributed by atoms with van der Waals surface area (Å²) in [5, 5.41) is 0. The SMILES string of the molecule is CCO[C@H]1OC[C@H](C(C)=O)[C@H]1C. The molecule has 3 nitrogen and oxygen atoms in total. The number of Topliss-reactive ketones (excluding diaryl/α,β-unsaturated/α-hetero) is 1. The summed E-state index contributed by atoms with van der Waals surface area (Å²) in [6, 6.07) is 0. The lowest BCUT2D eigenvalue weighted by molar-refractivity contribution is -0.126.